The van der Waals surface area contributed by atoms with E-state index in [4.69, 9.17) is 0 Å². The monoisotopic (exact) mass is 365 g/mol. The van der Waals surface area contributed by atoms with Gasteiger partial charge in [-0.2, -0.15) is 0 Å². The van der Waals surface area contributed by atoms with Crippen LogP contribution in [0.4, 0.5) is 4.79 Å². The van der Waals surface area contributed by atoms with Crippen LogP contribution in [0.2, 0.25) is 0 Å². The van der Waals surface area contributed by atoms with Crippen LogP contribution in [0.1, 0.15) is 17.5 Å². The van der Waals surface area contributed by atoms with E-state index in [0.29, 0.717) is 19.5 Å². The first kappa shape index (κ1) is 19.5. The predicted molar refractivity (Wildman–Crippen MR) is 101 cm³/mol. The fourth-order valence-corrected chi connectivity index (χ4v) is 4.58. The standard InChI is InChI=1S/C18H27N3O3S/c1-15-5-4-6-16(13-15)7-9-19-18(22)21(11-10-20(2)3)17-8-12-25(23,24)14-17/h4-7,9,13,17H,8,10-12,14H2,1-3H3,(H,19,22)/b9-7+. The lowest BCUT2D eigenvalue weighted by Gasteiger charge is -2.29. The topological polar surface area (TPSA) is 69.7 Å². The number of nitrogens with one attached hydrogen (secondary N) is 1. The van der Waals surface area contributed by atoms with E-state index >= 15 is 0 Å². The Bertz CT molecular complexity index is 729. The molecule has 1 aliphatic rings. The largest absolute Gasteiger partial charge is 0.321 e. The van der Waals surface area contributed by atoms with Crippen molar-refractivity contribution in [3.63, 3.8) is 0 Å². The number of hydrogen-bond acceptors (Lipinski definition) is 4. The first-order valence-electron chi connectivity index (χ1n) is 8.42. The highest BCUT2D eigenvalue weighted by molar-refractivity contribution is 7.91. The fourth-order valence-electron chi connectivity index (χ4n) is 2.84. The molecule has 1 heterocycles. The normalized spacial score (nSPS) is 19.4. The maximum atomic E-state index is 12.6. The van der Waals surface area contributed by atoms with Crippen molar-refractivity contribution in [3.8, 4) is 0 Å². The van der Waals surface area contributed by atoms with E-state index < -0.39 is 9.84 Å². The van der Waals surface area contributed by atoms with Gasteiger partial charge in [-0.15, -0.1) is 0 Å². The molecule has 138 valence electrons. The van der Waals surface area contributed by atoms with Crippen molar-refractivity contribution in [3.05, 3.63) is 41.6 Å². The quantitative estimate of drug-likeness (QED) is 0.833. The zero-order valence-electron chi connectivity index (χ0n) is 15.1. The van der Waals surface area contributed by atoms with Gasteiger partial charge in [-0.25, -0.2) is 13.2 Å². The van der Waals surface area contributed by atoms with Crippen LogP contribution in [-0.2, 0) is 9.84 Å². The molecule has 6 nitrogen and oxygen atoms in total. The number of carbonyl (C=O) groups is 1. The molecule has 0 saturated carbocycles. The van der Waals surface area contributed by atoms with E-state index in [9.17, 15) is 13.2 Å². The molecular weight excluding hydrogens is 338 g/mol. The summed E-state index contributed by atoms with van der Waals surface area (Å²) in [5.74, 6) is 0.206. The summed E-state index contributed by atoms with van der Waals surface area (Å²) < 4.78 is 23.5. The van der Waals surface area contributed by atoms with Gasteiger partial charge >= 0.3 is 6.03 Å². The van der Waals surface area contributed by atoms with E-state index in [1.54, 1.807) is 11.1 Å². The molecule has 2 amide bonds. The van der Waals surface area contributed by atoms with Crippen molar-refractivity contribution >= 4 is 21.9 Å². The summed E-state index contributed by atoms with van der Waals surface area (Å²) in [5.41, 5.74) is 2.15. The number of hydrogen-bond donors (Lipinski definition) is 1. The van der Waals surface area contributed by atoms with Gasteiger partial charge in [-0.05, 0) is 39.1 Å². The summed E-state index contributed by atoms with van der Waals surface area (Å²) >= 11 is 0. The lowest BCUT2D eigenvalue weighted by Crippen LogP contribution is -2.48. The van der Waals surface area contributed by atoms with Gasteiger partial charge in [-0.3, -0.25) is 0 Å². The predicted octanol–water partition coefficient (Wildman–Crippen LogP) is 1.73. The number of benzene rings is 1. The Balaban J connectivity index is 2.01. The Morgan fingerprint density at radius 2 is 2.08 bits per heavy atom. The van der Waals surface area contributed by atoms with Gasteiger partial charge in [0.2, 0.25) is 0 Å². The minimum absolute atomic E-state index is 0.0510. The molecule has 0 radical (unpaired) electrons. The maximum Gasteiger partial charge on any atom is 0.321 e. The van der Waals surface area contributed by atoms with E-state index in [0.717, 1.165) is 11.1 Å². The maximum absolute atomic E-state index is 12.6. The Hall–Kier alpha value is -1.86. The van der Waals surface area contributed by atoms with E-state index in [1.165, 1.54) is 0 Å². The highest BCUT2D eigenvalue weighted by Crippen LogP contribution is 2.18. The van der Waals surface area contributed by atoms with Crippen LogP contribution in [-0.4, -0.2) is 69.0 Å². The van der Waals surface area contributed by atoms with Gasteiger partial charge in [0.05, 0.1) is 11.5 Å². The van der Waals surface area contributed by atoms with Gasteiger partial charge < -0.3 is 15.1 Å². The number of aryl methyl sites for hydroxylation is 1. The number of nitrogens with zero attached hydrogens (tertiary/aromatic N) is 2. The first-order chi connectivity index (χ1) is 11.8. The molecule has 1 unspecified atom stereocenters. The highest BCUT2D eigenvalue weighted by atomic mass is 32.2. The third-order valence-corrected chi connectivity index (χ3v) is 5.97. The molecule has 1 fully saturated rings. The van der Waals surface area contributed by atoms with Crippen molar-refractivity contribution < 1.29 is 13.2 Å². The second-order valence-corrected chi connectivity index (χ2v) is 8.98. The van der Waals surface area contributed by atoms with Crippen molar-refractivity contribution in [2.45, 2.75) is 19.4 Å². The molecule has 25 heavy (non-hydrogen) atoms. The van der Waals surface area contributed by atoms with Crippen LogP contribution in [0.5, 0.6) is 0 Å². The van der Waals surface area contributed by atoms with Gasteiger partial charge in [0.25, 0.3) is 0 Å². The summed E-state index contributed by atoms with van der Waals surface area (Å²) in [5, 5.41) is 2.77. The molecule has 1 aromatic rings. The summed E-state index contributed by atoms with van der Waals surface area (Å²) in [7, 11) is 0.825. The van der Waals surface area contributed by atoms with Gasteiger partial charge in [0.1, 0.15) is 0 Å². The van der Waals surface area contributed by atoms with E-state index in [-0.39, 0.29) is 23.6 Å². The number of likely N-dealkylation sites (N-methyl/N-ethyl adjacent to an activating group) is 1. The first-order valence-corrected chi connectivity index (χ1v) is 10.2. The summed E-state index contributed by atoms with van der Waals surface area (Å²) in [6.07, 6.45) is 3.95. The molecule has 0 spiro atoms. The SMILES string of the molecule is Cc1cccc(/C=C/NC(=O)N(CCN(C)C)C2CCS(=O)(=O)C2)c1. The number of urea groups is 1. The average Bonchev–Trinajstić information content (AvgIpc) is 2.87. The minimum Gasteiger partial charge on any atom is -0.319 e. The zero-order valence-corrected chi connectivity index (χ0v) is 15.9. The Morgan fingerprint density at radius 1 is 1.32 bits per heavy atom. The molecule has 7 heteroatoms. The molecule has 2 rings (SSSR count). The summed E-state index contributed by atoms with van der Waals surface area (Å²) in [6, 6.07) is 7.45. The van der Waals surface area contributed by atoms with E-state index in [2.05, 4.69) is 5.32 Å². The molecule has 1 aromatic carbocycles. The molecule has 1 N–H and O–H groups in total. The van der Waals surface area contributed by atoms with Crippen molar-refractivity contribution in [2.75, 3.05) is 38.7 Å². The molecule has 1 saturated heterocycles. The Morgan fingerprint density at radius 3 is 2.68 bits per heavy atom. The number of carbonyl (C=O) groups excluding carboxylic acids is 1. The van der Waals surface area contributed by atoms with Crippen LogP contribution in [0, 0.1) is 6.92 Å². The Kier molecular flexibility index (Phi) is 6.61. The number of sulfone groups is 1. The van der Waals surface area contributed by atoms with Crippen molar-refractivity contribution in [2.24, 2.45) is 0 Å². The van der Waals surface area contributed by atoms with Crippen LogP contribution in [0.3, 0.4) is 0 Å². The lowest BCUT2D eigenvalue weighted by atomic mass is 10.1. The second kappa shape index (κ2) is 8.49. The van der Waals surface area contributed by atoms with E-state index in [1.807, 2.05) is 56.3 Å². The highest BCUT2D eigenvalue weighted by Gasteiger charge is 2.34. The average molecular weight is 365 g/mol. The smallest absolute Gasteiger partial charge is 0.319 e. The molecule has 0 bridgehead atoms. The van der Waals surface area contributed by atoms with Gasteiger partial charge in [0.15, 0.2) is 9.84 Å². The summed E-state index contributed by atoms with van der Waals surface area (Å²) in [4.78, 5) is 16.2. The van der Waals surface area contributed by atoms with Gasteiger partial charge in [0, 0.05) is 25.3 Å². The molecular formula is C18H27N3O3S. The number of amides is 2. The zero-order chi connectivity index (χ0) is 18.4. The van der Waals surface area contributed by atoms with Crippen molar-refractivity contribution in [1.29, 1.82) is 0 Å². The molecule has 0 aromatic heterocycles. The van der Waals surface area contributed by atoms with Gasteiger partial charge in [-0.1, -0.05) is 29.8 Å². The van der Waals surface area contributed by atoms with Crippen LogP contribution in [0.25, 0.3) is 6.08 Å². The molecule has 1 aliphatic heterocycles. The lowest BCUT2D eigenvalue weighted by molar-refractivity contribution is 0.176. The van der Waals surface area contributed by atoms with Crippen LogP contribution < -0.4 is 5.32 Å². The molecule has 1 atom stereocenters. The van der Waals surface area contributed by atoms with Crippen LogP contribution in [0.15, 0.2) is 30.5 Å². The van der Waals surface area contributed by atoms with Crippen LogP contribution >= 0.6 is 0 Å². The van der Waals surface area contributed by atoms with Crippen molar-refractivity contribution in [1.82, 2.24) is 15.1 Å². The molecule has 0 aliphatic carbocycles. The Labute approximate surface area is 150 Å². The second-order valence-electron chi connectivity index (χ2n) is 6.75. The fraction of sp³-hybridized carbons (Fsp3) is 0.500. The number of rotatable bonds is 6. The minimum atomic E-state index is -3.03. The third-order valence-electron chi connectivity index (χ3n) is 4.22. The summed E-state index contributed by atoms with van der Waals surface area (Å²) in [6.45, 7) is 3.20. The third kappa shape index (κ3) is 6.17.